The molecular weight excluding hydrogens is 326 g/mol. The number of aryl methyl sites for hydroxylation is 1. The van der Waals surface area contributed by atoms with Crippen LogP contribution in [0.5, 0.6) is 0 Å². The Morgan fingerprint density at radius 2 is 1.85 bits per heavy atom. The van der Waals surface area contributed by atoms with Gasteiger partial charge in [-0.2, -0.15) is 5.10 Å². The summed E-state index contributed by atoms with van der Waals surface area (Å²) in [5.41, 5.74) is 4.06. The van der Waals surface area contributed by atoms with Gasteiger partial charge in [-0.15, -0.1) is 0 Å². The van der Waals surface area contributed by atoms with Gasteiger partial charge >= 0.3 is 0 Å². The number of aliphatic hydroxyl groups excluding tert-OH is 1. The van der Waals surface area contributed by atoms with Crippen LogP contribution in [0.3, 0.4) is 0 Å². The second kappa shape index (κ2) is 7.97. The van der Waals surface area contributed by atoms with E-state index in [0.717, 1.165) is 16.8 Å². The molecule has 0 aliphatic carbocycles. The summed E-state index contributed by atoms with van der Waals surface area (Å²) in [6.45, 7) is 4.34. The van der Waals surface area contributed by atoms with Crippen LogP contribution < -0.4 is 5.32 Å². The van der Waals surface area contributed by atoms with Crippen molar-refractivity contribution in [2.45, 2.75) is 13.8 Å². The number of amides is 1. The molecule has 1 amide bonds. The van der Waals surface area contributed by atoms with Gasteiger partial charge in [0, 0.05) is 24.9 Å². The van der Waals surface area contributed by atoms with Gasteiger partial charge in [0.1, 0.15) is 5.69 Å². The van der Waals surface area contributed by atoms with Crippen LogP contribution in [-0.2, 0) is 0 Å². The number of hydrogen-bond acceptors (Lipinski definition) is 3. The minimum Gasteiger partial charge on any atom is -0.396 e. The summed E-state index contributed by atoms with van der Waals surface area (Å²) in [6, 6.07) is 17.6. The first kappa shape index (κ1) is 17.9. The first-order valence-electron chi connectivity index (χ1n) is 8.70. The molecule has 1 unspecified atom stereocenters. The van der Waals surface area contributed by atoms with Gasteiger partial charge in [-0.05, 0) is 30.5 Å². The molecule has 0 aliphatic heterocycles. The van der Waals surface area contributed by atoms with E-state index in [1.165, 1.54) is 0 Å². The SMILES string of the molecule is Cc1ccccc1-c1nn(-c2ccccc2)cc1C(=O)NCC(C)CO. The third-order valence-electron chi connectivity index (χ3n) is 4.30. The number of hydrogen-bond donors (Lipinski definition) is 2. The molecule has 1 aromatic heterocycles. The molecule has 1 heterocycles. The van der Waals surface area contributed by atoms with Gasteiger partial charge in [-0.25, -0.2) is 4.68 Å². The number of aromatic nitrogens is 2. The number of carbonyl (C=O) groups excluding carboxylic acids is 1. The molecule has 3 aromatic rings. The van der Waals surface area contributed by atoms with E-state index in [1.807, 2.05) is 68.4 Å². The summed E-state index contributed by atoms with van der Waals surface area (Å²) in [5.74, 6) is -0.184. The highest BCUT2D eigenvalue weighted by atomic mass is 16.3. The molecule has 0 bridgehead atoms. The van der Waals surface area contributed by atoms with Crippen LogP contribution >= 0.6 is 0 Å². The van der Waals surface area contributed by atoms with E-state index in [-0.39, 0.29) is 18.4 Å². The zero-order valence-corrected chi connectivity index (χ0v) is 15.0. The van der Waals surface area contributed by atoms with Gasteiger partial charge in [0.2, 0.25) is 0 Å². The van der Waals surface area contributed by atoms with Crippen LogP contribution in [0.2, 0.25) is 0 Å². The molecule has 3 rings (SSSR count). The molecule has 26 heavy (non-hydrogen) atoms. The fraction of sp³-hybridized carbons (Fsp3) is 0.238. The van der Waals surface area contributed by atoms with Crippen molar-refractivity contribution in [2.75, 3.05) is 13.2 Å². The summed E-state index contributed by atoms with van der Waals surface area (Å²) >= 11 is 0. The summed E-state index contributed by atoms with van der Waals surface area (Å²) in [6.07, 6.45) is 1.76. The summed E-state index contributed by atoms with van der Waals surface area (Å²) in [7, 11) is 0. The Hall–Kier alpha value is -2.92. The number of para-hydroxylation sites is 1. The van der Waals surface area contributed by atoms with E-state index in [9.17, 15) is 9.90 Å². The lowest BCUT2D eigenvalue weighted by Gasteiger charge is -2.10. The molecule has 0 saturated carbocycles. The predicted molar refractivity (Wildman–Crippen MR) is 102 cm³/mol. The van der Waals surface area contributed by atoms with E-state index in [1.54, 1.807) is 10.9 Å². The Balaban J connectivity index is 2.02. The van der Waals surface area contributed by atoms with Gasteiger partial charge < -0.3 is 10.4 Å². The lowest BCUT2D eigenvalue weighted by Crippen LogP contribution is -2.29. The van der Waals surface area contributed by atoms with E-state index >= 15 is 0 Å². The van der Waals surface area contributed by atoms with Crippen LogP contribution in [-0.4, -0.2) is 33.9 Å². The van der Waals surface area contributed by atoms with E-state index in [2.05, 4.69) is 10.4 Å². The van der Waals surface area contributed by atoms with Gasteiger partial charge in [0.15, 0.2) is 0 Å². The minimum atomic E-state index is -0.189. The monoisotopic (exact) mass is 349 g/mol. The number of carbonyl (C=O) groups is 1. The molecule has 0 aliphatic rings. The van der Waals surface area contributed by atoms with Gasteiger partial charge in [0.25, 0.3) is 5.91 Å². The fourth-order valence-electron chi connectivity index (χ4n) is 2.72. The maximum absolute atomic E-state index is 12.8. The molecule has 5 nitrogen and oxygen atoms in total. The number of aliphatic hydroxyl groups is 1. The van der Waals surface area contributed by atoms with Crippen LogP contribution in [0.25, 0.3) is 16.9 Å². The normalized spacial score (nSPS) is 12.0. The highest BCUT2D eigenvalue weighted by Gasteiger charge is 2.20. The van der Waals surface area contributed by atoms with E-state index < -0.39 is 0 Å². The van der Waals surface area contributed by atoms with Gasteiger partial charge in [0.05, 0.1) is 11.3 Å². The molecule has 5 heteroatoms. The molecular formula is C21H23N3O2. The van der Waals surface area contributed by atoms with Gasteiger partial charge in [-0.3, -0.25) is 4.79 Å². The molecule has 134 valence electrons. The zero-order chi connectivity index (χ0) is 18.5. The third-order valence-corrected chi connectivity index (χ3v) is 4.30. The molecule has 1 atom stereocenters. The highest BCUT2D eigenvalue weighted by Crippen LogP contribution is 2.26. The maximum atomic E-state index is 12.8. The van der Waals surface area contributed by atoms with Crippen LogP contribution in [0, 0.1) is 12.8 Å². The number of nitrogens with zero attached hydrogens (tertiary/aromatic N) is 2. The summed E-state index contributed by atoms with van der Waals surface area (Å²) < 4.78 is 1.73. The van der Waals surface area contributed by atoms with Gasteiger partial charge in [-0.1, -0.05) is 49.4 Å². The average molecular weight is 349 g/mol. The lowest BCUT2D eigenvalue weighted by atomic mass is 10.0. The van der Waals surface area contributed by atoms with Crippen LogP contribution in [0.4, 0.5) is 0 Å². The number of benzene rings is 2. The topological polar surface area (TPSA) is 67.2 Å². The van der Waals surface area contributed by atoms with Crippen molar-refractivity contribution in [1.82, 2.24) is 15.1 Å². The molecule has 0 spiro atoms. The molecule has 0 radical (unpaired) electrons. The van der Waals surface area contributed by atoms with Crippen LogP contribution in [0.15, 0.2) is 60.8 Å². The molecule has 0 fully saturated rings. The summed E-state index contributed by atoms with van der Waals surface area (Å²) in [5, 5.41) is 16.8. The lowest BCUT2D eigenvalue weighted by molar-refractivity contribution is 0.0943. The minimum absolute atomic E-state index is 0.00466. The second-order valence-corrected chi connectivity index (χ2v) is 6.48. The first-order valence-corrected chi connectivity index (χ1v) is 8.70. The Morgan fingerprint density at radius 1 is 1.15 bits per heavy atom. The standard InChI is InChI=1S/C21H23N3O2/c1-15(14-25)12-22-21(26)19-13-24(17-9-4-3-5-10-17)23-20(19)18-11-7-6-8-16(18)2/h3-11,13,15,25H,12,14H2,1-2H3,(H,22,26). The van der Waals surface area contributed by atoms with E-state index in [4.69, 9.17) is 0 Å². The molecule has 0 saturated heterocycles. The van der Waals surface area contributed by atoms with Crippen molar-refractivity contribution >= 4 is 5.91 Å². The van der Waals surface area contributed by atoms with Crippen molar-refractivity contribution in [1.29, 1.82) is 0 Å². The average Bonchev–Trinajstić information content (AvgIpc) is 3.12. The molecule has 2 aromatic carbocycles. The summed E-state index contributed by atoms with van der Waals surface area (Å²) in [4.78, 5) is 12.8. The smallest absolute Gasteiger partial charge is 0.255 e. The maximum Gasteiger partial charge on any atom is 0.255 e. The fourth-order valence-corrected chi connectivity index (χ4v) is 2.72. The quantitative estimate of drug-likeness (QED) is 0.718. The van der Waals surface area contributed by atoms with Crippen LogP contribution in [0.1, 0.15) is 22.8 Å². The van der Waals surface area contributed by atoms with Crippen molar-refractivity contribution < 1.29 is 9.90 Å². The Kier molecular flexibility index (Phi) is 5.49. The zero-order valence-electron chi connectivity index (χ0n) is 15.0. The van der Waals surface area contributed by atoms with E-state index in [0.29, 0.717) is 17.8 Å². The van der Waals surface area contributed by atoms with Crippen molar-refractivity contribution in [3.8, 4) is 16.9 Å². The largest absolute Gasteiger partial charge is 0.396 e. The molecule has 2 N–H and O–H groups in total. The van der Waals surface area contributed by atoms with Crippen molar-refractivity contribution in [3.63, 3.8) is 0 Å². The van der Waals surface area contributed by atoms with Crippen molar-refractivity contribution in [3.05, 3.63) is 71.9 Å². The van der Waals surface area contributed by atoms with Crippen molar-refractivity contribution in [2.24, 2.45) is 5.92 Å². The third kappa shape index (κ3) is 3.83. The highest BCUT2D eigenvalue weighted by molar-refractivity contribution is 6.00. The number of nitrogens with one attached hydrogen (secondary N) is 1. The Morgan fingerprint density at radius 3 is 2.54 bits per heavy atom. The number of rotatable bonds is 6. The first-order chi connectivity index (χ1) is 12.6. The Bertz CT molecular complexity index is 887. The Labute approximate surface area is 153 Å². The predicted octanol–water partition coefficient (Wildman–Crippen LogP) is 3.21. The second-order valence-electron chi connectivity index (χ2n) is 6.48.